The molecule has 0 bridgehead atoms. The summed E-state index contributed by atoms with van der Waals surface area (Å²) in [6.45, 7) is 0.396. The van der Waals surface area contributed by atoms with Crippen molar-refractivity contribution < 1.29 is 9.63 Å². The lowest BCUT2D eigenvalue weighted by atomic mass is 10.1. The molecule has 0 aromatic heterocycles. The minimum absolute atomic E-state index is 0.396. The predicted molar refractivity (Wildman–Crippen MR) is 61.6 cm³/mol. The molecule has 1 rings (SSSR count). The van der Waals surface area contributed by atoms with Crippen LogP contribution in [0.2, 0.25) is 0 Å². The molecule has 0 aliphatic carbocycles. The van der Waals surface area contributed by atoms with Gasteiger partial charge in [-0.25, -0.2) is 0 Å². The SMILES string of the molecule is O=C(C(Cl)Cl)C1CCCON1C(Cl)(Cl)Cl. The Morgan fingerprint density at radius 1 is 1.40 bits per heavy atom. The van der Waals surface area contributed by atoms with Crippen LogP contribution in [0.25, 0.3) is 0 Å². The van der Waals surface area contributed by atoms with E-state index >= 15 is 0 Å². The van der Waals surface area contributed by atoms with E-state index in [0.29, 0.717) is 19.4 Å². The Kier molecular flexibility index (Phi) is 5.25. The second kappa shape index (κ2) is 5.58. The topological polar surface area (TPSA) is 29.5 Å². The molecular weight excluding hydrogens is 307 g/mol. The van der Waals surface area contributed by atoms with Crippen molar-refractivity contribution in [3.63, 3.8) is 0 Å². The second-order valence-electron chi connectivity index (χ2n) is 2.99. The number of hydrogen-bond acceptors (Lipinski definition) is 3. The molecule has 15 heavy (non-hydrogen) atoms. The molecular formula is C7H8Cl5NO2. The molecule has 1 fully saturated rings. The molecule has 0 aromatic rings. The zero-order chi connectivity index (χ0) is 11.6. The van der Waals surface area contributed by atoms with E-state index < -0.39 is 20.6 Å². The number of hydrogen-bond donors (Lipinski definition) is 0. The van der Waals surface area contributed by atoms with Gasteiger partial charge in [0, 0.05) is 0 Å². The third-order valence-corrected chi connectivity index (χ3v) is 2.86. The van der Waals surface area contributed by atoms with Crippen molar-refractivity contribution in [2.24, 2.45) is 0 Å². The highest BCUT2D eigenvalue weighted by Crippen LogP contribution is 2.36. The van der Waals surface area contributed by atoms with Crippen molar-refractivity contribution in [1.82, 2.24) is 5.06 Å². The maximum atomic E-state index is 11.6. The summed E-state index contributed by atoms with van der Waals surface area (Å²) in [7, 11) is 0. The van der Waals surface area contributed by atoms with Crippen LogP contribution in [0.5, 0.6) is 0 Å². The summed E-state index contributed by atoms with van der Waals surface area (Å²) in [4.78, 5) is 15.6. The van der Waals surface area contributed by atoms with Gasteiger partial charge in [0.05, 0.1) is 6.61 Å². The molecule has 1 atom stereocenters. The molecule has 1 heterocycles. The highest BCUT2D eigenvalue weighted by atomic mass is 35.6. The van der Waals surface area contributed by atoms with Crippen LogP contribution < -0.4 is 0 Å². The van der Waals surface area contributed by atoms with Gasteiger partial charge in [-0.05, 0) is 12.8 Å². The Hall–Kier alpha value is 1.04. The summed E-state index contributed by atoms with van der Waals surface area (Å²) in [5, 5.41) is 1.02. The van der Waals surface area contributed by atoms with Crippen molar-refractivity contribution in [2.45, 2.75) is 27.6 Å². The number of hydroxylamine groups is 2. The number of Topliss-reactive ketones (excluding diaryl/α,β-unsaturated/α-hetero) is 1. The van der Waals surface area contributed by atoms with Crippen LogP contribution in [-0.4, -0.2) is 32.2 Å². The van der Waals surface area contributed by atoms with Gasteiger partial charge in [0.2, 0.25) is 0 Å². The molecule has 3 nitrogen and oxygen atoms in total. The summed E-state index contributed by atoms with van der Waals surface area (Å²) >= 11 is 27.9. The summed E-state index contributed by atoms with van der Waals surface area (Å²) < 4.78 is -1.80. The lowest BCUT2D eigenvalue weighted by Crippen LogP contribution is -2.51. The van der Waals surface area contributed by atoms with E-state index in [-0.39, 0.29) is 0 Å². The van der Waals surface area contributed by atoms with Gasteiger partial charge in [0.1, 0.15) is 6.04 Å². The molecule has 88 valence electrons. The lowest BCUT2D eigenvalue weighted by Gasteiger charge is -2.37. The number of carbonyl (C=O) groups is 1. The van der Waals surface area contributed by atoms with E-state index in [4.69, 9.17) is 62.8 Å². The van der Waals surface area contributed by atoms with Crippen LogP contribution in [0, 0.1) is 0 Å². The summed E-state index contributed by atoms with van der Waals surface area (Å²) in [6, 6.07) is -0.716. The Labute approximate surface area is 112 Å². The number of halogens is 5. The van der Waals surface area contributed by atoms with Gasteiger partial charge in [-0.2, -0.15) is 0 Å². The zero-order valence-corrected chi connectivity index (χ0v) is 11.2. The van der Waals surface area contributed by atoms with E-state index in [9.17, 15) is 4.79 Å². The van der Waals surface area contributed by atoms with E-state index in [1.165, 1.54) is 0 Å². The number of nitrogens with zero attached hydrogens (tertiary/aromatic N) is 1. The molecule has 0 aromatic carbocycles. The average Bonchev–Trinajstić information content (AvgIpc) is 2.15. The zero-order valence-electron chi connectivity index (χ0n) is 7.43. The first-order chi connectivity index (χ1) is 6.84. The molecule has 0 saturated carbocycles. The first-order valence-corrected chi connectivity index (χ1v) is 6.15. The van der Waals surface area contributed by atoms with Crippen LogP contribution in [0.4, 0.5) is 0 Å². The lowest BCUT2D eigenvalue weighted by molar-refractivity contribution is -0.213. The van der Waals surface area contributed by atoms with Gasteiger partial charge in [0.25, 0.3) is 3.92 Å². The molecule has 1 aliphatic rings. The van der Waals surface area contributed by atoms with Gasteiger partial charge in [0.15, 0.2) is 10.6 Å². The molecule has 8 heteroatoms. The summed E-state index contributed by atoms with van der Waals surface area (Å²) in [5.41, 5.74) is 0. The fraction of sp³-hybridized carbons (Fsp3) is 0.857. The van der Waals surface area contributed by atoms with E-state index in [1.54, 1.807) is 0 Å². The standard InChI is InChI=1S/C7H8Cl5NO2/c8-6(9)5(14)4-2-1-3-15-13(4)7(10,11)12/h4,6H,1-3H2. The Balaban J connectivity index is 2.79. The molecule has 0 amide bonds. The van der Waals surface area contributed by atoms with Gasteiger partial charge in [-0.3, -0.25) is 9.63 Å². The third kappa shape index (κ3) is 3.77. The highest BCUT2D eigenvalue weighted by Gasteiger charge is 2.43. The minimum Gasteiger partial charge on any atom is -0.295 e. The molecule has 0 spiro atoms. The maximum absolute atomic E-state index is 11.6. The molecule has 0 radical (unpaired) electrons. The second-order valence-corrected chi connectivity index (χ2v) is 6.31. The number of carbonyl (C=O) groups excluding carboxylic acids is 1. The van der Waals surface area contributed by atoms with E-state index in [2.05, 4.69) is 0 Å². The summed E-state index contributed by atoms with van der Waals surface area (Å²) in [6.07, 6.45) is 1.19. The maximum Gasteiger partial charge on any atom is 0.270 e. The Bertz CT molecular complexity index is 242. The highest BCUT2D eigenvalue weighted by molar-refractivity contribution is 6.67. The minimum atomic E-state index is -1.80. The first-order valence-electron chi connectivity index (χ1n) is 4.15. The van der Waals surface area contributed by atoms with Gasteiger partial charge in [-0.1, -0.05) is 58.0 Å². The monoisotopic (exact) mass is 313 g/mol. The van der Waals surface area contributed by atoms with Crippen molar-refractivity contribution in [1.29, 1.82) is 0 Å². The van der Waals surface area contributed by atoms with Crippen LogP contribution in [0.1, 0.15) is 12.8 Å². The number of alkyl halides is 5. The Morgan fingerprint density at radius 2 is 2.00 bits per heavy atom. The van der Waals surface area contributed by atoms with Gasteiger partial charge in [-0.15, -0.1) is 5.06 Å². The molecule has 1 unspecified atom stereocenters. The van der Waals surface area contributed by atoms with Crippen molar-refractivity contribution in [3.05, 3.63) is 0 Å². The van der Waals surface area contributed by atoms with Crippen LogP contribution in [0.3, 0.4) is 0 Å². The predicted octanol–water partition coefficient (Wildman–Crippen LogP) is 3.08. The van der Waals surface area contributed by atoms with E-state index in [1.807, 2.05) is 0 Å². The smallest absolute Gasteiger partial charge is 0.270 e. The number of rotatable bonds is 2. The largest absolute Gasteiger partial charge is 0.295 e. The molecule has 0 N–H and O–H groups in total. The van der Waals surface area contributed by atoms with Gasteiger partial charge >= 0.3 is 0 Å². The summed E-state index contributed by atoms with van der Waals surface area (Å²) in [5.74, 6) is -0.427. The molecule has 1 saturated heterocycles. The van der Waals surface area contributed by atoms with Crippen LogP contribution >= 0.6 is 58.0 Å². The fourth-order valence-corrected chi connectivity index (χ4v) is 2.09. The quantitative estimate of drug-likeness (QED) is 0.579. The van der Waals surface area contributed by atoms with E-state index in [0.717, 1.165) is 5.06 Å². The van der Waals surface area contributed by atoms with Gasteiger partial charge < -0.3 is 0 Å². The van der Waals surface area contributed by atoms with Crippen LogP contribution in [0.15, 0.2) is 0 Å². The van der Waals surface area contributed by atoms with Crippen LogP contribution in [-0.2, 0) is 9.63 Å². The molecule has 1 aliphatic heterocycles. The van der Waals surface area contributed by atoms with Crippen molar-refractivity contribution in [3.8, 4) is 0 Å². The fourth-order valence-electron chi connectivity index (χ4n) is 1.30. The average molecular weight is 315 g/mol. The Morgan fingerprint density at radius 3 is 2.47 bits per heavy atom. The van der Waals surface area contributed by atoms with Crippen molar-refractivity contribution >= 4 is 63.8 Å². The normalized spacial score (nSPS) is 24.5. The third-order valence-electron chi connectivity index (χ3n) is 1.93. The van der Waals surface area contributed by atoms with Crippen molar-refractivity contribution in [2.75, 3.05) is 6.61 Å². The first kappa shape index (κ1) is 14.1. The number of ketones is 1.